The second-order valence-electron chi connectivity index (χ2n) is 3.86. The van der Waals surface area contributed by atoms with Gasteiger partial charge in [-0.05, 0) is 30.0 Å². The molecule has 0 atom stereocenters. The summed E-state index contributed by atoms with van der Waals surface area (Å²) in [5, 5.41) is 12.3. The van der Waals surface area contributed by atoms with Gasteiger partial charge in [0.25, 0.3) is 5.89 Å². The largest absolute Gasteiger partial charge is 0.480 e. The number of thioether (sulfide) groups is 1. The fraction of sp³-hybridized carbons (Fsp3) is 0.308. The quantitative estimate of drug-likeness (QED) is 0.785. The summed E-state index contributed by atoms with van der Waals surface area (Å²) < 4.78 is 9.88. The Hall–Kier alpha value is -1.86. The highest BCUT2D eigenvalue weighted by Crippen LogP contribution is 2.22. The molecule has 6 nitrogen and oxygen atoms in total. The van der Waals surface area contributed by atoms with E-state index in [9.17, 15) is 4.79 Å². The number of hydrogen-bond acceptors (Lipinski definition) is 6. The van der Waals surface area contributed by atoms with Gasteiger partial charge >= 0.3 is 5.97 Å². The van der Waals surface area contributed by atoms with Crippen LogP contribution in [0.4, 0.5) is 0 Å². The number of hydrogen-bond donors (Lipinski definition) is 1. The van der Waals surface area contributed by atoms with E-state index in [1.54, 1.807) is 11.8 Å². The number of aliphatic carboxylic acids is 1. The summed E-state index contributed by atoms with van der Waals surface area (Å²) in [6.07, 6.45) is 0. The van der Waals surface area contributed by atoms with E-state index in [-0.39, 0.29) is 19.1 Å². The van der Waals surface area contributed by atoms with E-state index in [4.69, 9.17) is 14.4 Å². The lowest BCUT2D eigenvalue weighted by atomic mass is 10.2. The van der Waals surface area contributed by atoms with Crippen LogP contribution in [-0.2, 0) is 16.1 Å². The van der Waals surface area contributed by atoms with Crippen LogP contribution in [0.3, 0.4) is 0 Å². The van der Waals surface area contributed by atoms with Crippen LogP contribution in [0, 0.1) is 0 Å². The molecule has 1 N–H and O–H groups in total. The predicted molar refractivity (Wildman–Crippen MR) is 73.4 cm³/mol. The maximum atomic E-state index is 10.3. The first-order valence-electron chi connectivity index (χ1n) is 6.04. The van der Waals surface area contributed by atoms with E-state index >= 15 is 0 Å². The van der Waals surface area contributed by atoms with Crippen molar-refractivity contribution in [1.82, 2.24) is 10.1 Å². The third-order valence-corrected chi connectivity index (χ3v) is 3.24. The van der Waals surface area contributed by atoms with Crippen molar-refractivity contribution in [2.75, 3.05) is 12.4 Å². The van der Waals surface area contributed by atoms with Crippen molar-refractivity contribution in [2.24, 2.45) is 0 Å². The third kappa shape index (κ3) is 4.07. The predicted octanol–water partition coefficient (Wildman–Crippen LogP) is 2.45. The highest BCUT2D eigenvalue weighted by Gasteiger charge is 2.09. The summed E-state index contributed by atoms with van der Waals surface area (Å²) >= 11 is 1.76. The van der Waals surface area contributed by atoms with Crippen LogP contribution in [0.25, 0.3) is 11.4 Å². The van der Waals surface area contributed by atoms with Gasteiger partial charge in [-0.25, -0.2) is 4.79 Å². The van der Waals surface area contributed by atoms with Gasteiger partial charge in [0.05, 0.1) is 0 Å². The van der Waals surface area contributed by atoms with Crippen LogP contribution in [0.1, 0.15) is 12.8 Å². The zero-order valence-electron chi connectivity index (χ0n) is 10.9. The molecule has 0 aliphatic rings. The Balaban J connectivity index is 1.98. The van der Waals surface area contributed by atoms with Crippen molar-refractivity contribution in [3.05, 3.63) is 30.2 Å². The van der Waals surface area contributed by atoms with Crippen molar-refractivity contribution in [1.29, 1.82) is 0 Å². The average Bonchev–Trinajstić information content (AvgIpc) is 2.88. The van der Waals surface area contributed by atoms with Gasteiger partial charge in [0.15, 0.2) is 0 Å². The monoisotopic (exact) mass is 294 g/mol. The molecule has 0 bridgehead atoms. The van der Waals surface area contributed by atoms with Gasteiger partial charge < -0.3 is 14.4 Å². The second-order valence-corrected chi connectivity index (χ2v) is 5.19. The summed E-state index contributed by atoms with van der Waals surface area (Å²) in [5.74, 6) is 0.709. The lowest BCUT2D eigenvalue weighted by molar-refractivity contribution is -0.142. The molecule has 0 aliphatic heterocycles. The van der Waals surface area contributed by atoms with Crippen LogP contribution in [-0.4, -0.2) is 33.6 Å². The fourth-order valence-corrected chi connectivity index (χ4v) is 2.19. The molecule has 0 unspecified atom stereocenters. The summed E-state index contributed by atoms with van der Waals surface area (Å²) in [4.78, 5) is 15.6. The molecular weight excluding hydrogens is 280 g/mol. The molecule has 0 amide bonds. The number of carboxylic acid groups (broad SMARTS) is 1. The molecule has 0 saturated heterocycles. The van der Waals surface area contributed by atoms with Crippen molar-refractivity contribution < 1.29 is 19.2 Å². The van der Waals surface area contributed by atoms with Crippen molar-refractivity contribution in [2.45, 2.75) is 18.4 Å². The van der Waals surface area contributed by atoms with Crippen molar-refractivity contribution in [3.8, 4) is 11.4 Å². The normalized spacial score (nSPS) is 10.7. The molecular formula is C13H14N2O4S. The minimum absolute atomic E-state index is 0.0108. The van der Waals surface area contributed by atoms with Gasteiger partial charge in [0.1, 0.15) is 13.2 Å². The Kier molecular flexibility index (Phi) is 5.14. The van der Waals surface area contributed by atoms with E-state index in [1.165, 1.54) is 4.90 Å². The molecule has 106 valence electrons. The Morgan fingerprint density at radius 1 is 1.40 bits per heavy atom. The number of benzene rings is 1. The van der Waals surface area contributed by atoms with Crippen LogP contribution in [0.15, 0.2) is 33.7 Å². The molecule has 0 saturated carbocycles. The van der Waals surface area contributed by atoms with E-state index in [2.05, 4.69) is 17.1 Å². The first-order valence-corrected chi connectivity index (χ1v) is 7.03. The molecule has 1 aromatic carbocycles. The maximum Gasteiger partial charge on any atom is 0.329 e. The van der Waals surface area contributed by atoms with Gasteiger partial charge in [-0.15, -0.1) is 11.8 Å². The standard InChI is InChI=1S/C13H14N2O4S/c1-2-20-10-5-3-9(4-6-10)13-14-11(19-15-13)7-18-8-12(16)17/h3-6H,2,7-8H2,1H3,(H,16,17). The SMILES string of the molecule is CCSc1ccc(-c2noc(COCC(=O)O)n2)cc1. The number of aromatic nitrogens is 2. The summed E-state index contributed by atoms with van der Waals surface area (Å²) in [5.41, 5.74) is 0.846. The summed E-state index contributed by atoms with van der Waals surface area (Å²) in [6.45, 7) is 1.70. The third-order valence-electron chi connectivity index (χ3n) is 2.34. The average molecular weight is 294 g/mol. The topological polar surface area (TPSA) is 85.5 Å². The summed E-state index contributed by atoms with van der Waals surface area (Å²) in [7, 11) is 0. The van der Waals surface area contributed by atoms with Crippen LogP contribution >= 0.6 is 11.8 Å². The van der Waals surface area contributed by atoms with Crippen LogP contribution in [0.5, 0.6) is 0 Å². The van der Waals surface area contributed by atoms with E-state index in [0.717, 1.165) is 11.3 Å². The van der Waals surface area contributed by atoms with Crippen LogP contribution in [0.2, 0.25) is 0 Å². The molecule has 0 spiro atoms. The molecule has 0 fully saturated rings. The number of ether oxygens (including phenoxy) is 1. The lowest BCUT2D eigenvalue weighted by Gasteiger charge is -1.98. The zero-order valence-corrected chi connectivity index (χ0v) is 11.7. The zero-order chi connectivity index (χ0) is 14.4. The molecule has 0 aliphatic carbocycles. The first kappa shape index (κ1) is 14.5. The van der Waals surface area contributed by atoms with Crippen LogP contribution < -0.4 is 0 Å². The van der Waals surface area contributed by atoms with E-state index in [1.807, 2.05) is 24.3 Å². The number of carboxylic acids is 1. The molecule has 2 aromatic rings. The molecule has 1 aromatic heterocycles. The highest BCUT2D eigenvalue weighted by molar-refractivity contribution is 7.99. The Labute approximate surface area is 120 Å². The molecule has 20 heavy (non-hydrogen) atoms. The van der Waals surface area contributed by atoms with E-state index < -0.39 is 5.97 Å². The Bertz CT molecular complexity index is 568. The first-order chi connectivity index (χ1) is 9.69. The molecule has 0 radical (unpaired) electrons. The molecule has 1 heterocycles. The Morgan fingerprint density at radius 3 is 2.80 bits per heavy atom. The number of rotatable bonds is 7. The highest BCUT2D eigenvalue weighted by atomic mass is 32.2. The maximum absolute atomic E-state index is 10.3. The number of carbonyl (C=O) groups is 1. The smallest absolute Gasteiger partial charge is 0.329 e. The minimum atomic E-state index is -1.03. The Morgan fingerprint density at radius 2 is 2.15 bits per heavy atom. The van der Waals surface area contributed by atoms with Crippen molar-refractivity contribution >= 4 is 17.7 Å². The minimum Gasteiger partial charge on any atom is -0.480 e. The van der Waals surface area contributed by atoms with Gasteiger partial charge in [-0.1, -0.05) is 12.1 Å². The van der Waals surface area contributed by atoms with Gasteiger partial charge in [-0.2, -0.15) is 4.98 Å². The van der Waals surface area contributed by atoms with Gasteiger partial charge in [0, 0.05) is 10.5 Å². The van der Waals surface area contributed by atoms with Crippen molar-refractivity contribution in [3.63, 3.8) is 0 Å². The lowest BCUT2D eigenvalue weighted by Crippen LogP contribution is -2.06. The fourth-order valence-electron chi connectivity index (χ4n) is 1.52. The number of nitrogens with zero attached hydrogens (tertiary/aromatic N) is 2. The molecule has 2 rings (SSSR count). The molecule has 7 heteroatoms. The summed E-state index contributed by atoms with van der Waals surface area (Å²) in [6, 6.07) is 7.84. The van der Waals surface area contributed by atoms with Gasteiger partial charge in [0.2, 0.25) is 5.82 Å². The van der Waals surface area contributed by atoms with Gasteiger partial charge in [-0.3, -0.25) is 0 Å². The second kappa shape index (κ2) is 7.06. The van der Waals surface area contributed by atoms with E-state index in [0.29, 0.717) is 5.82 Å².